The predicted molar refractivity (Wildman–Crippen MR) is 65.1 cm³/mol. The molecule has 1 aromatic rings. The van der Waals surface area contributed by atoms with Crippen molar-refractivity contribution >= 4 is 11.7 Å². The Labute approximate surface area is 108 Å². The van der Waals surface area contributed by atoms with Crippen molar-refractivity contribution in [2.24, 2.45) is 0 Å². The summed E-state index contributed by atoms with van der Waals surface area (Å²) >= 11 is 0. The lowest BCUT2D eigenvalue weighted by Crippen LogP contribution is -2.24. The van der Waals surface area contributed by atoms with E-state index in [-0.39, 0.29) is 6.54 Å². The number of hydrogen-bond donors (Lipinski definition) is 1. The van der Waals surface area contributed by atoms with Crippen LogP contribution in [-0.2, 0) is 6.18 Å². The molecule has 1 N–H and O–H groups in total. The van der Waals surface area contributed by atoms with Gasteiger partial charge in [-0.2, -0.15) is 13.2 Å². The van der Waals surface area contributed by atoms with Gasteiger partial charge in [0.2, 0.25) is 0 Å². The number of anilines is 1. The predicted octanol–water partition coefficient (Wildman–Crippen LogP) is 2.86. The maximum absolute atomic E-state index is 12.7. The second-order valence-corrected chi connectivity index (χ2v) is 3.75. The zero-order valence-electron chi connectivity index (χ0n) is 10.2. The van der Waals surface area contributed by atoms with Crippen molar-refractivity contribution < 1.29 is 23.1 Å². The molecule has 0 heterocycles. The minimum atomic E-state index is -4.70. The van der Waals surface area contributed by atoms with Crippen LogP contribution in [0.15, 0.2) is 18.2 Å². The molecule has 0 amide bonds. The van der Waals surface area contributed by atoms with Gasteiger partial charge < -0.3 is 10.0 Å². The standard InChI is InChI=1S/C13H12F3NO2/c1-3-7-17(4-2)9-5-6-11(13(14,15)16)10(8-9)12(18)19/h1,5-6,8H,4,7H2,2H3,(H,18,19). The summed E-state index contributed by atoms with van der Waals surface area (Å²) in [5, 5.41) is 8.88. The molecule has 19 heavy (non-hydrogen) atoms. The average Bonchev–Trinajstić information content (AvgIpc) is 2.34. The number of halogens is 3. The Bertz CT molecular complexity index is 518. The van der Waals surface area contributed by atoms with Crippen molar-refractivity contribution in [1.82, 2.24) is 0 Å². The third-order valence-electron chi connectivity index (χ3n) is 2.57. The lowest BCUT2D eigenvalue weighted by molar-refractivity contribution is -0.138. The van der Waals surface area contributed by atoms with Crippen LogP contribution in [0.5, 0.6) is 0 Å². The highest BCUT2D eigenvalue weighted by atomic mass is 19.4. The number of carboxylic acids is 1. The van der Waals surface area contributed by atoms with Crippen LogP contribution in [0.1, 0.15) is 22.8 Å². The second-order valence-electron chi connectivity index (χ2n) is 3.75. The van der Waals surface area contributed by atoms with Crippen molar-refractivity contribution in [2.75, 3.05) is 18.0 Å². The molecule has 0 spiro atoms. The molecule has 0 radical (unpaired) electrons. The van der Waals surface area contributed by atoms with Gasteiger partial charge in [0, 0.05) is 12.2 Å². The minimum Gasteiger partial charge on any atom is -0.478 e. The van der Waals surface area contributed by atoms with Gasteiger partial charge in [-0.25, -0.2) is 4.79 Å². The van der Waals surface area contributed by atoms with E-state index >= 15 is 0 Å². The van der Waals surface area contributed by atoms with Crippen LogP contribution in [0.4, 0.5) is 18.9 Å². The van der Waals surface area contributed by atoms with E-state index in [0.29, 0.717) is 12.2 Å². The van der Waals surface area contributed by atoms with Gasteiger partial charge >= 0.3 is 12.1 Å². The fraction of sp³-hybridized carbons (Fsp3) is 0.308. The minimum absolute atomic E-state index is 0.195. The highest BCUT2D eigenvalue weighted by Gasteiger charge is 2.35. The normalized spacial score (nSPS) is 10.9. The summed E-state index contributed by atoms with van der Waals surface area (Å²) in [7, 11) is 0. The van der Waals surface area contributed by atoms with Crippen LogP contribution in [0, 0.1) is 12.3 Å². The molecule has 0 aliphatic rings. The molecule has 0 atom stereocenters. The van der Waals surface area contributed by atoms with E-state index in [0.717, 1.165) is 12.1 Å². The van der Waals surface area contributed by atoms with Gasteiger partial charge in [-0.3, -0.25) is 0 Å². The van der Waals surface area contributed by atoms with Gasteiger partial charge in [0.05, 0.1) is 17.7 Å². The van der Waals surface area contributed by atoms with Crippen LogP contribution >= 0.6 is 0 Å². The van der Waals surface area contributed by atoms with E-state index in [2.05, 4.69) is 5.92 Å². The molecular weight excluding hydrogens is 259 g/mol. The number of terminal acetylenes is 1. The smallest absolute Gasteiger partial charge is 0.417 e. The summed E-state index contributed by atoms with van der Waals surface area (Å²) in [6, 6.07) is 2.97. The van der Waals surface area contributed by atoms with Gasteiger partial charge in [0.15, 0.2) is 0 Å². The SMILES string of the molecule is C#CCN(CC)c1ccc(C(F)(F)F)c(C(=O)O)c1. The van der Waals surface area contributed by atoms with Crippen LogP contribution in [-0.4, -0.2) is 24.2 Å². The molecular formula is C13H12F3NO2. The molecule has 0 bridgehead atoms. The Balaban J connectivity index is 3.32. The maximum Gasteiger partial charge on any atom is 0.417 e. The van der Waals surface area contributed by atoms with E-state index < -0.39 is 23.3 Å². The van der Waals surface area contributed by atoms with Crippen molar-refractivity contribution in [3.63, 3.8) is 0 Å². The summed E-state index contributed by atoms with van der Waals surface area (Å²) in [6.07, 6.45) is 0.452. The molecule has 6 heteroatoms. The zero-order chi connectivity index (χ0) is 14.6. The van der Waals surface area contributed by atoms with E-state index in [9.17, 15) is 18.0 Å². The van der Waals surface area contributed by atoms with E-state index in [4.69, 9.17) is 11.5 Å². The summed E-state index contributed by atoms with van der Waals surface area (Å²) in [4.78, 5) is 12.5. The van der Waals surface area contributed by atoms with Crippen molar-refractivity contribution in [2.45, 2.75) is 13.1 Å². The highest BCUT2D eigenvalue weighted by Crippen LogP contribution is 2.34. The van der Waals surface area contributed by atoms with Gasteiger partial charge in [0.1, 0.15) is 0 Å². The number of rotatable bonds is 4. The molecule has 0 fully saturated rings. The Morgan fingerprint density at radius 1 is 1.47 bits per heavy atom. The molecule has 0 aliphatic heterocycles. The van der Waals surface area contributed by atoms with Crippen molar-refractivity contribution in [3.8, 4) is 12.3 Å². The summed E-state index contributed by atoms with van der Waals surface area (Å²) in [5.74, 6) is 0.748. The third kappa shape index (κ3) is 3.41. The number of hydrogen-bond acceptors (Lipinski definition) is 2. The van der Waals surface area contributed by atoms with Crippen LogP contribution < -0.4 is 4.90 Å². The summed E-state index contributed by atoms with van der Waals surface area (Å²) in [6.45, 7) is 2.44. The van der Waals surface area contributed by atoms with Crippen LogP contribution in [0.2, 0.25) is 0 Å². The lowest BCUT2D eigenvalue weighted by atomic mass is 10.1. The molecule has 0 saturated carbocycles. The third-order valence-corrected chi connectivity index (χ3v) is 2.57. The van der Waals surface area contributed by atoms with Gasteiger partial charge in [0.25, 0.3) is 0 Å². The summed E-state index contributed by atoms with van der Waals surface area (Å²) in [5.41, 5.74) is -1.59. The van der Waals surface area contributed by atoms with E-state index in [1.54, 1.807) is 11.8 Å². The van der Waals surface area contributed by atoms with Crippen LogP contribution in [0.3, 0.4) is 0 Å². The molecule has 102 valence electrons. The molecule has 1 rings (SSSR count). The first-order chi connectivity index (χ1) is 8.81. The number of benzene rings is 1. The average molecular weight is 271 g/mol. The monoisotopic (exact) mass is 271 g/mol. The fourth-order valence-electron chi connectivity index (χ4n) is 1.65. The lowest BCUT2D eigenvalue weighted by Gasteiger charge is -2.21. The molecule has 0 saturated heterocycles. The second kappa shape index (κ2) is 5.65. The Morgan fingerprint density at radius 3 is 2.53 bits per heavy atom. The maximum atomic E-state index is 12.7. The largest absolute Gasteiger partial charge is 0.478 e. The van der Waals surface area contributed by atoms with Gasteiger partial charge in [-0.15, -0.1) is 6.42 Å². The summed E-state index contributed by atoms with van der Waals surface area (Å²) < 4.78 is 38.0. The van der Waals surface area contributed by atoms with E-state index in [1.807, 2.05) is 0 Å². The Morgan fingerprint density at radius 2 is 2.11 bits per heavy atom. The molecule has 0 aromatic heterocycles. The zero-order valence-corrected chi connectivity index (χ0v) is 10.2. The van der Waals surface area contributed by atoms with Crippen molar-refractivity contribution in [3.05, 3.63) is 29.3 Å². The van der Waals surface area contributed by atoms with Crippen LogP contribution in [0.25, 0.3) is 0 Å². The number of aromatic carboxylic acids is 1. The first-order valence-corrected chi connectivity index (χ1v) is 5.44. The van der Waals surface area contributed by atoms with E-state index in [1.165, 1.54) is 6.07 Å². The number of nitrogens with zero attached hydrogens (tertiary/aromatic N) is 1. The fourth-order valence-corrected chi connectivity index (χ4v) is 1.65. The molecule has 0 unspecified atom stereocenters. The Hall–Kier alpha value is -2.16. The number of carboxylic acid groups (broad SMARTS) is 1. The molecule has 0 aliphatic carbocycles. The quantitative estimate of drug-likeness (QED) is 0.856. The first-order valence-electron chi connectivity index (χ1n) is 5.44. The highest BCUT2D eigenvalue weighted by molar-refractivity contribution is 5.91. The van der Waals surface area contributed by atoms with Gasteiger partial charge in [-0.05, 0) is 25.1 Å². The number of alkyl halides is 3. The molecule has 3 nitrogen and oxygen atoms in total. The molecule has 1 aromatic carbocycles. The first kappa shape index (κ1) is 14.9. The van der Waals surface area contributed by atoms with Gasteiger partial charge in [-0.1, -0.05) is 5.92 Å². The number of carbonyl (C=O) groups is 1. The van der Waals surface area contributed by atoms with Crippen molar-refractivity contribution in [1.29, 1.82) is 0 Å². The topological polar surface area (TPSA) is 40.5 Å². The Kier molecular flexibility index (Phi) is 4.43.